The van der Waals surface area contributed by atoms with Gasteiger partial charge in [0.2, 0.25) is 5.91 Å². The van der Waals surface area contributed by atoms with Crippen LogP contribution in [0.25, 0.3) is 10.2 Å². The summed E-state index contributed by atoms with van der Waals surface area (Å²) in [7, 11) is 0. The Morgan fingerprint density at radius 3 is 2.67 bits per heavy atom. The number of nitrogen functional groups attached to an aromatic ring is 1. The van der Waals surface area contributed by atoms with Gasteiger partial charge >= 0.3 is 0 Å². The molecular formula is C19H21N3OS. The molecule has 1 heterocycles. The number of nitrogens with two attached hydrogens (primary N) is 1. The van der Waals surface area contributed by atoms with Crippen molar-refractivity contribution in [3.8, 4) is 0 Å². The Bertz CT molecular complexity index is 778. The number of benzene rings is 2. The van der Waals surface area contributed by atoms with E-state index in [2.05, 4.69) is 16.4 Å². The molecular weight excluding hydrogens is 318 g/mol. The molecule has 0 aliphatic carbocycles. The van der Waals surface area contributed by atoms with E-state index in [1.54, 1.807) is 11.3 Å². The maximum Gasteiger partial charge on any atom is 0.220 e. The number of nitrogens with one attached hydrogen (secondary N) is 1. The van der Waals surface area contributed by atoms with E-state index in [9.17, 15) is 4.79 Å². The van der Waals surface area contributed by atoms with E-state index in [0.29, 0.717) is 13.0 Å². The summed E-state index contributed by atoms with van der Waals surface area (Å²) in [5.41, 5.74) is 8.65. The summed E-state index contributed by atoms with van der Waals surface area (Å²) in [6, 6.07) is 15.9. The number of rotatable bonds is 7. The van der Waals surface area contributed by atoms with Crippen LogP contribution in [-0.4, -0.2) is 17.4 Å². The number of hydrogen-bond donors (Lipinski definition) is 2. The van der Waals surface area contributed by atoms with Gasteiger partial charge in [-0.15, -0.1) is 11.3 Å². The Kier molecular flexibility index (Phi) is 5.43. The van der Waals surface area contributed by atoms with Crippen molar-refractivity contribution in [3.63, 3.8) is 0 Å². The Balaban J connectivity index is 1.37. The van der Waals surface area contributed by atoms with E-state index in [-0.39, 0.29) is 5.91 Å². The van der Waals surface area contributed by atoms with Gasteiger partial charge in [-0.05, 0) is 49.1 Å². The first kappa shape index (κ1) is 16.5. The molecule has 0 aliphatic heterocycles. The molecule has 0 radical (unpaired) electrons. The van der Waals surface area contributed by atoms with E-state index < -0.39 is 0 Å². The Labute approximate surface area is 145 Å². The van der Waals surface area contributed by atoms with Crippen LogP contribution in [0.1, 0.15) is 23.4 Å². The van der Waals surface area contributed by atoms with Crippen molar-refractivity contribution in [2.24, 2.45) is 0 Å². The highest BCUT2D eigenvalue weighted by molar-refractivity contribution is 7.18. The number of aromatic nitrogens is 1. The lowest BCUT2D eigenvalue weighted by Gasteiger charge is -2.05. The van der Waals surface area contributed by atoms with E-state index in [0.717, 1.165) is 35.5 Å². The smallest absolute Gasteiger partial charge is 0.220 e. The van der Waals surface area contributed by atoms with Gasteiger partial charge in [0.05, 0.1) is 15.2 Å². The number of hydrogen-bond acceptors (Lipinski definition) is 4. The number of anilines is 1. The molecule has 2 aromatic carbocycles. The summed E-state index contributed by atoms with van der Waals surface area (Å²) in [5.74, 6) is 0.103. The Morgan fingerprint density at radius 2 is 1.88 bits per heavy atom. The first-order valence-electron chi connectivity index (χ1n) is 8.16. The molecule has 0 fully saturated rings. The maximum atomic E-state index is 11.9. The van der Waals surface area contributed by atoms with Crippen molar-refractivity contribution < 1.29 is 4.79 Å². The average molecular weight is 339 g/mol. The molecule has 0 spiro atoms. The molecule has 3 rings (SSSR count). The van der Waals surface area contributed by atoms with Gasteiger partial charge in [-0.3, -0.25) is 4.79 Å². The van der Waals surface area contributed by atoms with E-state index in [1.165, 1.54) is 10.3 Å². The highest BCUT2D eigenvalue weighted by Gasteiger charge is 2.05. The summed E-state index contributed by atoms with van der Waals surface area (Å²) >= 11 is 1.71. The van der Waals surface area contributed by atoms with Crippen LogP contribution in [0.2, 0.25) is 0 Å². The summed E-state index contributed by atoms with van der Waals surface area (Å²) in [6.07, 6.45) is 3.04. The lowest BCUT2D eigenvalue weighted by atomic mass is 10.1. The molecule has 0 saturated carbocycles. The second kappa shape index (κ2) is 7.93. The molecule has 0 saturated heterocycles. The van der Waals surface area contributed by atoms with E-state index in [1.807, 2.05) is 42.5 Å². The third-order valence-electron chi connectivity index (χ3n) is 3.85. The van der Waals surface area contributed by atoms with Crippen LogP contribution in [0.15, 0.2) is 48.5 Å². The number of aryl methyl sites for hydroxylation is 1. The summed E-state index contributed by atoms with van der Waals surface area (Å²) in [6.45, 7) is 0.657. The fraction of sp³-hybridized carbons (Fsp3) is 0.263. The molecule has 0 aliphatic rings. The minimum atomic E-state index is 0.103. The third kappa shape index (κ3) is 4.55. The average Bonchev–Trinajstić information content (AvgIpc) is 2.99. The minimum Gasteiger partial charge on any atom is -0.399 e. The molecule has 3 N–H and O–H groups in total. The van der Waals surface area contributed by atoms with Gasteiger partial charge < -0.3 is 11.1 Å². The molecule has 4 nitrogen and oxygen atoms in total. The maximum absolute atomic E-state index is 11.9. The van der Waals surface area contributed by atoms with Crippen molar-refractivity contribution in [1.82, 2.24) is 10.3 Å². The number of carbonyl (C=O) groups excluding carboxylic acids is 1. The van der Waals surface area contributed by atoms with Crippen molar-refractivity contribution in [2.75, 3.05) is 12.3 Å². The second-order valence-corrected chi connectivity index (χ2v) is 6.89. The molecule has 1 aromatic heterocycles. The van der Waals surface area contributed by atoms with Crippen LogP contribution in [0, 0.1) is 0 Å². The first-order chi connectivity index (χ1) is 11.7. The van der Waals surface area contributed by atoms with Crippen LogP contribution in [0.4, 0.5) is 5.69 Å². The zero-order chi connectivity index (χ0) is 16.8. The molecule has 0 atom stereocenters. The lowest BCUT2D eigenvalue weighted by molar-refractivity contribution is -0.121. The van der Waals surface area contributed by atoms with Gasteiger partial charge in [0.25, 0.3) is 0 Å². The first-order valence-corrected chi connectivity index (χ1v) is 8.98. The van der Waals surface area contributed by atoms with Crippen LogP contribution in [-0.2, 0) is 17.6 Å². The predicted molar refractivity (Wildman–Crippen MR) is 100 cm³/mol. The lowest BCUT2D eigenvalue weighted by Crippen LogP contribution is -2.25. The minimum absolute atomic E-state index is 0.103. The van der Waals surface area contributed by atoms with Gasteiger partial charge in [-0.2, -0.15) is 0 Å². The van der Waals surface area contributed by atoms with Crippen molar-refractivity contribution in [2.45, 2.75) is 25.7 Å². The summed E-state index contributed by atoms with van der Waals surface area (Å²) in [4.78, 5) is 16.5. The largest absolute Gasteiger partial charge is 0.399 e. The van der Waals surface area contributed by atoms with Crippen molar-refractivity contribution in [3.05, 3.63) is 59.1 Å². The standard InChI is InChI=1S/C19H21N3OS/c20-15-10-8-14(9-11-15)12-13-21-18(23)6-3-7-19-22-16-4-1-2-5-17(16)24-19/h1-2,4-5,8-11H,3,6-7,12-13,20H2,(H,21,23). The number of thiazole rings is 1. The fourth-order valence-corrected chi connectivity index (χ4v) is 3.56. The molecule has 5 heteroatoms. The van der Waals surface area contributed by atoms with Gasteiger partial charge in [0, 0.05) is 18.7 Å². The number of fused-ring (bicyclic) bond motifs is 1. The quantitative estimate of drug-likeness (QED) is 0.647. The van der Waals surface area contributed by atoms with Crippen LogP contribution >= 0.6 is 11.3 Å². The van der Waals surface area contributed by atoms with E-state index in [4.69, 9.17) is 5.73 Å². The molecule has 3 aromatic rings. The van der Waals surface area contributed by atoms with Crippen LogP contribution < -0.4 is 11.1 Å². The fourth-order valence-electron chi connectivity index (χ4n) is 2.55. The van der Waals surface area contributed by atoms with Crippen molar-refractivity contribution in [1.29, 1.82) is 0 Å². The topological polar surface area (TPSA) is 68.0 Å². The van der Waals surface area contributed by atoms with Gasteiger partial charge in [0.15, 0.2) is 0 Å². The highest BCUT2D eigenvalue weighted by atomic mass is 32.1. The number of para-hydroxylation sites is 1. The number of nitrogens with zero attached hydrogens (tertiary/aromatic N) is 1. The predicted octanol–water partition coefficient (Wildman–Crippen LogP) is 3.56. The SMILES string of the molecule is Nc1ccc(CCNC(=O)CCCc2nc3ccccc3s2)cc1. The molecule has 24 heavy (non-hydrogen) atoms. The molecule has 1 amide bonds. The van der Waals surface area contributed by atoms with Crippen LogP contribution in [0.3, 0.4) is 0 Å². The zero-order valence-corrected chi connectivity index (χ0v) is 14.3. The summed E-state index contributed by atoms with van der Waals surface area (Å²) < 4.78 is 1.21. The van der Waals surface area contributed by atoms with Gasteiger partial charge in [-0.1, -0.05) is 24.3 Å². The normalized spacial score (nSPS) is 10.8. The monoisotopic (exact) mass is 339 g/mol. The van der Waals surface area contributed by atoms with E-state index >= 15 is 0 Å². The number of carbonyl (C=O) groups is 1. The highest BCUT2D eigenvalue weighted by Crippen LogP contribution is 2.22. The number of amides is 1. The summed E-state index contributed by atoms with van der Waals surface area (Å²) in [5, 5.41) is 4.07. The zero-order valence-electron chi connectivity index (χ0n) is 13.5. The molecule has 124 valence electrons. The second-order valence-electron chi connectivity index (χ2n) is 5.77. The van der Waals surface area contributed by atoms with Crippen LogP contribution in [0.5, 0.6) is 0 Å². The van der Waals surface area contributed by atoms with Gasteiger partial charge in [0.1, 0.15) is 0 Å². The third-order valence-corrected chi connectivity index (χ3v) is 4.94. The Morgan fingerprint density at radius 1 is 1.08 bits per heavy atom. The molecule has 0 bridgehead atoms. The Hall–Kier alpha value is -2.40. The molecule has 0 unspecified atom stereocenters. The van der Waals surface area contributed by atoms with Gasteiger partial charge in [-0.25, -0.2) is 4.98 Å². The van der Waals surface area contributed by atoms with Crippen molar-refractivity contribution >= 4 is 33.1 Å².